The van der Waals surface area contributed by atoms with Gasteiger partial charge in [-0.15, -0.1) is 0 Å². The summed E-state index contributed by atoms with van der Waals surface area (Å²) in [5.74, 6) is 0.847. The summed E-state index contributed by atoms with van der Waals surface area (Å²) in [6, 6.07) is 8.00. The molecule has 4 rings (SSSR count). The number of nitrogens with zero attached hydrogens (tertiary/aromatic N) is 4. The minimum Gasteiger partial charge on any atom is -0.491 e. The lowest BCUT2D eigenvalue weighted by Gasteiger charge is -2.21. The zero-order chi connectivity index (χ0) is 18.3. The number of fused-ring (bicyclic) bond motifs is 2. The normalized spacial score (nSPS) is 14.0. The molecular formula is C20H22N4O2. The van der Waals surface area contributed by atoms with Crippen molar-refractivity contribution in [2.45, 2.75) is 33.9 Å². The van der Waals surface area contributed by atoms with Crippen LogP contribution in [0.15, 0.2) is 30.5 Å². The summed E-state index contributed by atoms with van der Waals surface area (Å²) in [5.41, 5.74) is 4.38. The standard InChI is InChI=1S/C20H22N4O2/c1-4-24-19-15(11-21-24)10-17(14(3)22-19)20(25)23-7-8-26-18-6-5-13(2)9-16(18)12-23/h5-6,9-11H,4,7-8,12H2,1-3H3. The number of amides is 1. The highest BCUT2D eigenvalue weighted by Gasteiger charge is 2.23. The fraction of sp³-hybridized carbons (Fsp3) is 0.350. The number of ether oxygens (including phenoxy) is 1. The summed E-state index contributed by atoms with van der Waals surface area (Å²) < 4.78 is 7.66. The Labute approximate surface area is 152 Å². The van der Waals surface area contributed by atoms with Gasteiger partial charge in [-0.25, -0.2) is 9.67 Å². The number of hydrogen-bond donors (Lipinski definition) is 0. The average molecular weight is 350 g/mol. The first-order chi connectivity index (χ1) is 12.6. The number of rotatable bonds is 2. The van der Waals surface area contributed by atoms with E-state index in [2.05, 4.69) is 16.1 Å². The number of hydrogen-bond acceptors (Lipinski definition) is 4. The van der Waals surface area contributed by atoms with Crippen LogP contribution in [0.25, 0.3) is 11.0 Å². The molecule has 0 unspecified atom stereocenters. The maximum Gasteiger partial charge on any atom is 0.256 e. The van der Waals surface area contributed by atoms with Gasteiger partial charge >= 0.3 is 0 Å². The van der Waals surface area contributed by atoms with E-state index >= 15 is 0 Å². The van der Waals surface area contributed by atoms with Crippen LogP contribution in [-0.2, 0) is 13.1 Å². The van der Waals surface area contributed by atoms with Crippen LogP contribution < -0.4 is 4.74 Å². The van der Waals surface area contributed by atoms with Crippen molar-refractivity contribution in [1.29, 1.82) is 0 Å². The van der Waals surface area contributed by atoms with Gasteiger partial charge in [-0.05, 0) is 32.9 Å². The van der Waals surface area contributed by atoms with Gasteiger partial charge in [-0.1, -0.05) is 17.7 Å². The van der Waals surface area contributed by atoms with Crippen LogP contribution in [0.2, 0.25) is 0 Å². The number of carbonyl (C=O) groups excluding carboxylic acids is 1. The van der Waals surface area contributed by atoms with Crippen molar-refractivity contribution in [3.8, 4) is 5.75 Å². The summed E-state index contributed by atoms with van der Waals surface area (Å²) in [4.78, 5) is 19.7. The van der Waals surface area contributed by atoms with Crippen molar-refractivity contribution < 1.29 is 9.53 Å². The van der Waals surface area contributed by atoms with E-state index in [0.29, 0.717) is 25.3 Å². The van der Waals surface area contributed by atoms with Crippen LogP contribution in [0, 0.1) is 13.8 Å². The van der Waals surface area contributed by atoms with Crippen LogP contribution in [0.3, 0.4) is 0 Å². The fourth-order valence-corrected chi connectivity index (χ4v) is 3.41. The molecule has 1 aliphatic rings. The highest BCUT2D eigenvalue weighted by molar-refractivity contribution is 5.98. The second kappa shape index (κ2) is 6.44. The third kappa shape index (κ3) is 2.81. The van der Waals surface area contributed by atoms with E-state index in [0.717, 1.165) is 40.1 Å². The minimum atomic E-state index is -0.0147. The molecular weight excluding hydrogens is 328 g/mol. The predicted octanol–water partition coefficient (Wildman–Crippen LogP) is 3.10. The van der Waals surface area contributed by atoms with E-state index in [1.54, 1.807) is 6.20 Å². The molecule has 1 aromatic carbocycles. The first-order valence-electron chi connectivity index (χ1n) is 8.91. The van der Waals surface area contributed by atoms with Gasteiger partial charge in [0.15, 0.2) is 5.65 Å². The Kier molecular flexibility index (Phi) is 4.11. The van der Waals surface area contributed by atoms with Crippen molar-refractivity contribution in [2.75, 3.05) is 13.2 Å². The lowest BCUT2D eigenvalue weighted by atomic mass is 10.1. The van der Waals surface area contributed by atoms with Crippen LogP contribution in [-0.4, -0.2) is 38.7 Å². The minimum absolute atomic E-state index is 0.0147. The van der Waals surface area contributed by atoms with Gasteiger partial charge in [-0.3, -0.25) is 4.79 Å². The third-order valence-corrected chi connectivity index (χ3v) is 4.82. The van der Waals surface area contributed by atoms with Gasteiger partial charge in [0.2, 0.25) is 0 Å². The zero-order valence-electron chi connectivity index (χ0n) is 15.3. The first kappa shape index (κ1) is 16.6. The molecule has 3 aromatic rings. The molecule has 0 fully saturated rings. The van der Waals surface area contributed by atoms with E-state index in [1.807, 2.05) is 48.6 Å². The number of benzene rings is 1. The molecule has 3 heterocycles. The monoisotopic (exact) mass is 350 g/mol. The lowest BCUT2D eigenvalue weighted by Crippen LogP contribution is -2.33. The van der Waals surface area contributed by atoms with Crippen molar-refractivity contribution >= 4 is 16.9 Å². The number of aromatic nitrogens is 3. The van der Waals surface area contributed by atoms with Crippen molar-refractivity contribution in [3.05, 3.63) is 52.8 Å². The summed E-state index contributed by atoms with van der Waals surface area (Å²) >= 11 is 0. The lowest BCUT2D eigenvalue weighted by molar-refractivity contribution is 0.0732. The maximum atomic E-state index is 13.2. The largest absolute Gasteiger partial charge is 0.491 e. The molecule has 6 nitrogen and oxygen atoms in total. The van der Waals surface area contributed by atoms with E-state index < -0.39 is 0 Å². The van der Waals surface area contributed by atoms with Crippen LogP contribution >= 0.6 is 0 Å². The Bertz CT molecular complexity index is 993. The van der Waals surface area contributed by atoms with Gasteiger partial charge in [0.05, 0.1) is 24.0 Å². The summed E-state index contributed by atoms with van der Waals surface area (Å²) in [7, 11) is 0. The summed E-state index contributed by atoms with van der Waals surface area (Å²) in [6.07, 6.45) is 1.77. The topological polar surface area (TPSA) is 60.2 Å². The Morgan fingerprint density at radius 2 is 2.12 bits per heavy atom. The molecule has 0 saturated heterocycles. The average Bonchev–Trinajstić information content (AvgIpc) is 2.90. The zero-order valence-corrected chi connectivity index (χ0v) is 15.3. The molecule has 0 atom stereocenters. The molecule has 0 saturated carbocycles. The van der Waals surface area contributed by atoms with Gasteiger partial charge in [-0.2, -0.15) is 5.10 Å². The fourth-order valence-electron chi connectivity index (χ4n) is 3.41. The quantitative estimate of drug-likeness (QED) is 0.712. The Morgan fingerprint density at radius 3 is 2.92 bits per heavy atom. The Balaban J connectivity index is 1.69. The second-order valence-corrected chi connectivity index (χ2v) is 6.68. The molecule has 26 heavy (non-hydrogen) atoms. The van der Waals surface area contributed by atoms with Gasteiger partial charge in [0.1, 0.15) is 12.4 Å². The number of carbonyl (C=O) groups is 1. The van der Waals surface area contributed by atoms with Gasteiger partial charge < -0.3 is 9.64 Å². The van der Waals surface area contributed by atoms with Gasteiger partial charge in [0, 0.05) is 24.0 Å². The molecule has 0 N–H and O–H groups in total. The number of aryl methyl sites for hydroxylation is 3. The van der Waals surface area contributed by atoms with E-state index in [9.17, 15) is 4.79 Å². The highest BCUT2D eigenvalue weighted by atomic mass is 16.5. The Hall–Kier alpha value is -2.89. The molecule has 0 bridgehead atoms. The highest BCUT2D eigenvalue weighted by Crippen LogP contribution is 2.26. The molecule has 1 amide bonds. The van der Waals surface area contributed by atoms with Crippen LogP contribution in [0.4, 0.5) is 0 Å². The summed E-state index contributed by atoms with van der Waals surface area (Å²) in [5, 5.41) is 5.22. The van der Waals surface area contributed by atoms with E-state index in [4.69, 9.17) is 4.74 Å². The predicted molar refractivity (Wildman–Crippen MR) is 99.4 cm³/mol. The Morgan fingerprint density at radius 1 is 1.27 bits per heavy atom. The van der Waals surface area contributed by atoms with Crippen LogP contribution in [0.5, 0.6) is 5.75 Å². The van der Waals surface area contributed by atoms with E-state index in [1.165, 1.54) is 0 Å². The summed E-state index contributed by atoms with van der Waals surface area (Å²) in [6.45, 7) is 8.29. The molecule has 0 radical (unpaired) electrons. The molecule has 0 aliphatic carbocycles. The maximum absolute atomic E-state index is 13.2. The molecule has 134 valence electrons. The van der Waals surface area contributed by atoms with Crippen LogP contribution in [0.1, 0.15) is 34.1 Å². The molecule has 6 heteroatoms. The number of pyridine rings is 1. The molecule has 0 spiro atoms. The third-order valence-electron chi connectivity index (χ3n) is 4.82. The molecule has 1 aliphatic heterocycles. The van der Waals surface area contributed by atoms with Crippen molar-refractivity contribution in [3.63, 3.8) is 0 Å². The molecule has 2 aromatic heterocycles. The second-order valence-electron chi connectivity index (χ2n) is 6.68. The van der Waals surface area contributed by atoms with Gasteiger partial charge in [0.25, 0.3) is 5.91 Å². The first-order valence-corrected chi connectivity index (χ1v) is 8.91. The smallest absolute Gasteiger partial charge is 0.256 e. The van der Waals surface area contributed by atoms with Crippen molar-refractivity contribution in [2.24, 2.45) is 0 Å². The van der Waals surface area contributed by atoms with E-state index in [-0.39, 0.29) is 5.91 Å². The SMILES string of the molecule is CCn1ncc2cc(C(=O)N3CCOc4ccc(C)cc4C3)c(C)nc21. The van der Waals surface area contributed by atoms with Crippen molar-refractivity contribution in [1.82, 2.24) is 19.7 Å².